The lowest BCUT2D eigenvalue weighted by Crippen LogP contribution is -2.22. The number of nitrogens with one attached hydrogen (secondary N) is 2. The van der Waals surface area contributed by atoms with Crippen LogP contribution >= 0.6 is 0 Å². The number of aryl methyl sites for hydroxylation is 2. The Morgan fingerprint density at radius 1 is 1.17 bits per heavy atom. The molecular formula is C17H19N3O3. The summed E-state index contributed by atoms with van der Waals surface area (Å²) in [6, 6.07) is 12.2. The highest BCUT2D eigenvalue weighted by atomic mass is 16.6. The molecule has 0 saturated heterocycles. The monoisotopic (exact) mass is 313 g/mol. The van der Waals surface area contributed by atoms with Gasteiger partial charge in [0.2, 0.25) is 5.91 Å². The van der Waals surface area contributed by atoms with Gasteiger partial charge in [-0.1, -0.05) is 25.1 Å². The minimum absolute atomic E-state index is 0.00587. The molecule has 6 nitrogen and oxygen atoms in total. The summed E-state index contributed by atoms with van der Waals surface area (Å²) < 4.78 is 0. The van der Waals surface area contributed by atoms with Crippen molar-refractivity contribution in [3.8, 4) is 0 Å². The van der Waals surface area contributed by atoms with Gasteiger partial charge in [-0.05, 0) is 36.6 Å². The first-order valence-corrected chi connectivity index (χ1v) is 7.37. The summed E-state index contributed by atoms with van der Waals surface area (Å²) in [6.07, 6.45) is 0.946. The average Bonchev–Trinajstić information content (AvgIpc) is 2.54. The van der Waals surface area contributed by atoms with E-state index in [2.05, 4.69) is 17.6 Å². The molecule has 2 rings (SSSR count). The van der Waals surface area contributed by atoms with Crippen molar-refractivity contribution >= 4 is 23.0 Å². The lowest BCUT2D eigenvalue weighted by atomic mass is 10.1. The number of non-ortho nitro benzene ring substituents is 1. The maximum atomic E-state index is 12.0. The molecule has 0 fully saturated rings. The smallest absolute Gasteiger partial charge is 0.271 e. The van der Waals surface area contributed by atoms with E-state index >= 15 is 0 Å². The topological polar surface area (TPSA) is 84.3 Å². The summed E-state index contributed by atoms with van der Waals surface area (Å²) >= 11 is 0. The van der Waals surface area contributed by atoms with E-state index in [1.807, 2.05) is 31.2 Å². The van der Waals surface area contributed by atoms with E-state index in [0.29, 0.717) is 5.69 Å². The zero-order valence-corrected chi connectivity index (χ0v) is 13.1. The number of rotatable bonds is 6. The van der Waals surface area contributed by atoms with Gasteiger partial charge >= 0.3 is 0 Å². The van der Waals surface area contributed by atoms with Gasteiger partial charge in [0, 0.05) is 23.5 Å². The third-order valence-electron chi connectivity index (χ3n) is 3.52. The molecular weight excluding hydrogens is 294 g/mol. The fourth-order valence-corrected chi connectivity index (χ4v) is 2.12. The molecule has 0 heterocycles. The van der Waals surface area contributed by atoms with Gasteiger partial charge in [0.25, 0.3) is 5.69 Å². The zero-order valence-electron chi connectivity index (χ0n) is 13.1. The number of nitrogens with zero attached hydrogens (tertiary/aromatic N) is 1. The van der Waals surface area contributed by atoms with Crippen molar-refractivity contribution in [3.63, 3.8) is 0 Å². The van der Waals surface area contributed by atoms with Gasteiger partial charge in [-0.2, -0.15) is 0 Å². The van der Waals surface area contributed by atoms with E-state index in [0.717, 1.165) is 17.7 Å². The zero-order chi connectivity index (χ0) is 16.8. The summed E-state index contributed by atoms with van der Waals surface area (Å²) in [6.45, 7) is 3.93. The Bertz CT molecular complexity index is 712. The first kappa shape index (κ1) is 16.5. The van der Waals surface area contributed by atoms with Crippen molar-refractivity contribution in [1.82, 2.24) is 0 Å². The van der Waals surface area contributed by atoms with Crippen LogP contribution in [0.2, 0.25) is 0 Å². The van der Waals surface area contributed by atoms with E-state index in [4.69, 9.17) is 0 Å². The number of hydrogen-bond acceptors (Lipinski definition) is 4. The molecule has 2 aromatic rings. The molecule has 0 bridgehead atoms. The second kappa shape index (κ2) is 7.40. The third kappa shape index (κ3) is 4.54. The molecule has 2 aromatic carbocycles. The highest BCUT2D eigenvalue weighted by Crippen LogP contribution is 2.21. The summed E-state index contributed by atoms with van der Waals surface area (Å²) in [5.74, 6) is -0.208. The quantitative estimate of drug-likeness (QED) is 0.631. The molecule has 0 aliphatic carbocycles. The molecule has 23 heavy (non-hydrogen) atoms. The SMILES string of the molecule is CCc1ccc(NC(=O)CNc2cc([N+](=O)[O-])ccc2C)cc1. The largest absolute Gasteiger partial charge is 0.376 e. The Labute approximate surface area is 134 Å². The number of amides is 1. The summed E-state index contributed by atoms with van der Waals surface area (Å²) in [4.78, 5) is 22.3. The van der Waals surface area contributed by atoms with Gasteiger partial charge in [-0.3, -0.25) is 14.9 Å². The van der Waals surface area contributed by atoms with Gasteiger partial charge in [-0.15, -0.1) is 0 Å². The van der Waals surface area contributed by atoms with E-state index in [-0.39, 0.29) is 18.1 Å². The molecule has 0 spiro atoms. The first-order valence-electron chi connectivity index (χ1n) is 7.37. The van der Waals surface area contributed by atoms with Crippen LogP contribution in [0.5, 0.6) is 0 Å². The molecule has 6 heteroatoms. The van der Waals surface area contributed by atoms with Crippen molar-refractivity contribution in [3.05, 3.63) is 63.7 Å². The molecule has 0 aromatic heterocycles. The number of carbonyl (C=O) groups is 1. The van der Waals surface area contributed by atoms with Crippen molar-refractivity contribution in [1.29, 1.82) is 0 Å². The molecule has 1 amide bonds. The molecule has 0 aliphatic rings. The normalized spacial score (nSPS) is 10.2. The number of hydrogen-bond donors (Lipinski definition) is 2. The van der Waals surface area contributed by atoms with Gasteiger partial charge in [0.1, 0.15) is 0 Å². The Morgan fingerprint density at radius 2 is 1.87 bits per heavy atom. The number of benzene rings is 2. The number of anilines is 2. The number of nitro groups is 1. The lowest BCUT2D eigenvalue weighted by molar-refractivity contribution is -0.384. The lowest BCUT2D eigenvalue weighted by Gasteiger charge is -2.10. The second-order valence-electron chi connectivity index (χ2n) is 5.21. The summed E-state index contributed by atoms with van der Waals surface area (Å²) in [5.41, 5.74) is 3.35. The predicted molar refractivity (Wildman–Crippen MR) is 90.8 cm³/mol. The maximum Gasteiger partial charge on any atom is 0.271 e. The van der Waals surface area contributed by atoms with Crippen LogP contribution in [0.4, 0.5) is 17.1 Å². The Morgan fingerprint density at radius 3 is 2.48 bits per heavy atom. The van der Waals surface area contributed by atoms with E-state index in [9.17, 15) is 14.9 Å². The van der Waals surface area contributed by atoms with Gasteiger partial charge in [0.05, 0.1) is 11.5 Å². The highest BCUT2D eigenvalue weighted by Gasteiger charge is 2.09. The summed E-state index contributed by atoms with van der Waals surface area (Å²) in [7, 11) is 0. The molecule has 0 radical (unpaired) electrons. The van der Waals surface area contributed by atoms with Crippen molar-refractivity contribution in [2.75, 3.05) is 17.2 Å². The average molecular weight is 313 g/mol. The molecule has 120 valence electrons. The van der Waals surface area contributed by atoms with Gasteiger partial charge in [-0.25, -0.2) is 0 Å². The molecule has 2 N–H and O–H groups in total. The third-order valence-corrected chi connectivity index (χ3v) is 3.52. The van der Waals surface area contributed by atoms with E-state index in [1.54, 1.807) is 6.07 Å². The van der Waals surface area contributed by atoms with Crippen LogP contribution in [-0.2, 0) is 11.2 Å². The van der Waals surface area contributed by atoms with Crippen molar-refractivity contribution < 1.29 is 9.72 Å². The molecule has 0 saturated carbocycles. The Hall–Kier alpha value is -2.89. The van der Waals surface area contributed by atoms with Gasteiger partial charge in [0.15, 0.2) is 0 Å². The Balaban J connectivity index is 1.96. The minimum atomic E-state index is -0.458. The standard InChI is InChI=1S/C17H19N3O3/c1-3-13-5-7-14(8-6-13)19-17(21)11-18-16-10-15(20(22)23)9-4-12(16)2/h4-10,18H,3,11H2,1-2H3,(H,19,21). The maximum absolute atomic E-state index is 12.0. The molecule has 0 aliphatic heterocycles. The van der Waals surface area contributed by atoms with E-state index < -0.39 is 4.92 Å². The van der Waals surface area contributed by atoms with Crippen LogP contribution in [0.1, 0.15) is 18.1 Å². The fourth-order valence-electron chi connectivity index (χ4n) is 2.12. The second-order valence-corrected chi connectivity index (χ2v) is 5.21. The summed E-state index contributed by atoms with van der Waals surface area (Å²) in [5, 5.41) is 16.5. The predicted octanol–water partition coefficient (Wildman–Crippen LogP) is 3.52. The van der Waals surface area contributed by atoms with Crippen LogP contribution in [0, 0.1) is 17.0 Å². The van der Waals surface area contributed by atoms with Crippen LogP contribution < -0.4 is 10.6 Å². The van der Waals surface area contributed by atoms with Crippen LogP contribution in [0.3, 0.4) is 0 Å². The van der Waals surface area contributed by atoms with Crippen LogP contribution in [0.25, 0.3) is 0 Å². The van der Waals surface area contributed by atoms with Gasteiger partial charge < -0.3 is 10.6 Å². The first-order chi connectivity index (χ1) is 11.0. The van der Waals surface area contributed by atoms with Crippen molar-refractivity contribution in [2.24, 2.45) is 0 Å². The minimum Gasteiger partial charge on any atom is -0.376 e. The molecule has 0 atom stereocenters. The molecule has 0 unspecified atom stereocenters. The number of nitro benzene ring substituents is 1. The number of carbonyl (C=O) groups excluding carboxylic acids is 1. The van der Waals surface area contributed by atoms with Crippen LogP contribution in [0.15, 0.2) is 42.5 Å². The highest BCUT2D eigenvalue weighted by molar-refractivity contribution is 5.93. The fraction of sp³-hybridized carbons (Fsp3) is 0.235. The van der Waals surface area contributed by atoms with E-state index in [1.165, 1.54) is 17.7 Å². The van der Waals surface area contributed by atoms with Crippen molar-refractivity contribution in [2.45, 2.75) is 20.3 Å². The van der Waals surface area contributed by atoms with Crippen LogP contribution in [-0.4, -0.2) is 17.4 Å². The Kier molecular flexibility index (Phi) is 5.30.